The molecule has 4 heavy (non-hydrogen) atoms. The van der Waals surface area contributed by atoms with Crippen LogP contribution in [0.25, 0.3) is 0 Å². The van der Waals surface area contributed by atoms with Crippen LogP contribution >= 0.6 is 17.0 Å². The zero-order valence-electron chi connectivity index (χ0n) is 1.62. The summed E-state index contributed by atoms with van der Waals surface area (Å²) in [5, 5.41) is 0. The van der Waals surface area contributed by atoms with Crippen molar-refractivity contribution in [2.24, 2.45) is 0 Å². The van der Waals surface area contributed by atoms with E-state index in [9.17, 15) is 0 Å². The molecular formula is H8BaBiBrO. The average Bonchev–Trinajstić information content (AvgIpc) is 0. The van der Waals surface area contributed by atoms with Gasteiger partial charge in [-0.2, -0.15) is 0 Å². The van der Waals surface area contributed by atoms with Gasteiger partial charge in [-0.1, -0.05) is 0 Å². The summed E-state index contributed by atoms with van der Waals surface area (Å²) in [6.07, 6.45) is 0. The van der Waals surface area contributed by atoms with Crippen molar-refractivity contribution in [1.29, 1.82) is 0 Å². The zero-order valence-corrected chi connectivity index (χ0v) is 8.83. The first-order valence-electron chi connectivity index (χ1n) is 0. The molecule has 0 aliphatic rings. The molecule has 0 bridgehead atoms. The molecule has 0 saturated carbocycles. The van der Waals surface area contributed by atoms with Gasteiger partial charge in [0, 0.05) is 0 Å². The van der Waals surface area contributed by atoms with Gasteiger partial charge in [0.1, 0.15) is 0 Å². The molecule has 0 aliphatic carbocycles. The molecule has 0 rings (SSSR count). The van der Waals surface area contributed by atoms with Gasteiger partial charge in [-0.05, 0) is 0 Å². The first kappa shape index (κ1) is 28.6. The van der Waals surface area contributed by atoms with Crippen molar-refractivity contribution in [2.45, 2.75) is 0 Å². The van der Waals surface area contributed by atoms with Gasteiger partial charge in [-0.15, -0.1) is 17.0 Å². The Kier molecular flexibility index (Phi) is 120. The predicted octanol–water partition coefficient (Wildman–Crippen LogP) is -2.35. The van der Waals surface area contributed by atoms with Crippen LogP contribution in [0.3, 0.4) is 0 Å². The fourth-order valence-electron chi connectivity index (χ4n) is 0. The second kappa shape index (κ2) is 16.9. The fourth-order valence-corrected chi connectivity index (χ4v) is 0. The normalized spacial score (nSPS) is 0. The van der Waals surface area contributed by atoms with E-state index in [1.807, 2.05) is 0 Å². The molecule has 0 unspecified atom stereocenters. The molecule has 28 valence electrons. The maximum absolute atomic E-state index is 0. The van der Waals surface area contributed by atoms with Crippen LogP contribution in [0.1, 0.15) is 0 Å². The van der Waals surface area contributed by atoms with E-state index in [1.54, 1.807) is 0 Å². The van der Waals surface area contributed by atoms with Gasteiger partial charge in [-0.25, -0.2) is 0 Å². The van der Waals surface area contributed by atoms with Crippen LogP contribution in [0, 0.1) is 0 Å². The Balaban J connectivity index is 0. The maximum atomic E-state index is 0. The Labute approximate surface area is 95.2 Å². The Morgan fingerprint density at radius 2 is 1.00 bits per heavy atom. The summed E-state index contributed by atoms with van der Waals surface area (Å²) in [7, 11) is 0. The minimum absolute atomic E-state index is 0. The van der Waals surface area contributed by atoms with Gasteiger partial charge in [0.05, 0.1) is 0 Å². The van der Waals surface area contributed by atoms with E-state index in [1.165, 1.54) is 0 Å². The summed E-state index contributed by atoms with van der Waals surface area (Å²) in [6, 6.07) is 0. The van der Waals surface area contributed by atoms with Gasteiger partial charge >= 0.3 is 75.1 Å². The number of hydrogen-bond acceptors (Lipinski definition) is 0. The van der Waals surface area contributed by atoms with E-state index in [2.05, 4.69) is 0 Å². The molecule has 0 aromatic rings. The van der Waals surface area contributed by atoms with E-state index in [-0.39, 0.29) is 97.5 Å². The SMILES string of the molecule is Br.O.[BaH2].[BiH3]. The standard InChI is InChI=1S/Ba.Bi.BrH.H2O.5H/h;;1H;1H2;;;;;. The Morgan fingerprint density at radius 1 is 1.00 bits per heavy atom. The third-order valence-corrected chi connectivity index (χ3v) is 0. The summed E-state index contributed by atoms with van der Waals surface area (Å²) in [4.78, 5) is 0. The predicted molar refractivity (Wildman–Crippen MR) is 32.4 cm³/mol. The molecular weight excluding hydrogens is 442 g/mol. The van der Waals surface area contributed by atoms with Crippen molar-refractivity contribution in [3.63, 3.8) is 0 Å². The topological polar surface area (TPSA) is 31.5 Å². The third-order valence-electron chi connectivity index (χ3n) is 0. The van der Waals surface area contributed by atoms with Gasteiger partial charge in [-0.3, -0.25) is 0 Å². The third kappa shape index (κ3) is 8.86. The van der Waals surface area contributed by atoms with Crippen LogP contribution in [0.4, 0.5) is 0 Å². The van der Waals surface area contributed by atoms with Crippen molar-refractivity contribution in [3.8, 4) is 0 Å². The van der Waals surface area contributed by atoms with E-state index >= 15 is 0 Å². The van der Waals surface area contributed by atoms with Crippen LogP contribution in [0.5, 0.6) is 0 Å². The molecule has 0 spiro atoms. The first-order valence-corrected chi connectivity index (χ1v) is 0. The Morgan fingerprint density at radius 3 is 1.00 bits per heavy atom. The quantitative estimate of drug-likeness (QED) is 0.371. The van der Waals surface area contributed by atoms with E-state index in [0.717, 1.165) is 0 Å². The molecule has 0 heterocycles. The summed E-state index contributed by atoms with van der Waals surface area (Å²) in [5.41, 5.74) is 0. The molecule has 0 atom stereocenters. The molecule has 0 aliphatic heterocycles. The van der Waals surface area contributed by atoms with Gasteiger partial charge in [0.25, 0.3) is 0 Å². The van der Waals surface area contributed by atoms with Crippen molar-refractivity contribution < 1.29 is 5.48 Å². The van der Waals surface area contributed by atoms with E-state index < -0.39 is 0 Å². The van der Waals surface area contributed by atoms with E-state index in [4.69, 9.17) is 0 Å². The van der Waals surface area contributed by atoms with Crippen LogP contribution in [-0.2, 0) is 0 Å². The molecule has 1 nitrogen and oxygen atoms in total. The Hall–Kier alpha value is 2.89. The van der Waals surface area contributed by atoms with Crippen molar-refractivity contribution in [2.75, 3.05) is 0 Å². The van der Waals surface area contributed by atoms with Crippen LogP contribution in [0.15, 0.2) is 0 Å². The summed E-state index contributed by atoms with van der Waals surface area (Å²) in [5.74, 6) is 0. The molecule has 2 N–H and O–H groups in total. The van der Waals surface area contributed by atoms with Crippen molar-refractivity contribution >= 4 is 92.1 Å². The molecule has 0 radical (unpaired) electrons. The summed E-state index contributed by atoms with van der Waals surface area (Å²) >= 11 is 0. The molecule has 0 aromatic heterocycles. The number of hydrogen-bond donors (Lipinski definition) is 0. The monoisotopic (exact) mass is 450 g/mol. The van der Waals surface area contributed by atoms with Crippen LogP contribution in [0.2, 0.25) is 0 Å². The van der Waals surface area contributed by atoms with Crippen molar-refractivity contribution in [1.82, 2.24) is 0 Å². The summed E-state index contributed by atoms with van der Waals surface area (Å²) in [6.45, 7) is 0. The zero-order chi connectivity index (χ0) is 0. The fraction of sp³-hybridized carbons (Fsp3) is 0. The minimum atomic E-state index is 0. The second-order valence-electron chi connectivity index (χ2n) is 0. The van der Waals surface area contributed by atoms with Crippen molar-refractivity contribution in [3.05, 3.63) is 0 Å². The molecule has 0 fully saturated rings. The summed E-state index contributed by atoms with van der Waals surface area (Å²) < 4.78 is 0. The van der Waals surface area contributed by atoms with Gasteiger partial charge < -0.3 is 5.48 Å². The average molecular weight is 450 g/mol. The van der Waals surface area contributed by atoms with Gasteiger partial charge in [0.15, 0.2) is 0 Å². The first-order chi connectivity index (χ1) is 0. The van der Waals surface area contributed by atoms with Gasteiger partial charge in [0.2, 0.25) is 0 Å². The molecule has 0 amide bonds. The Bertz CT molecular complexity index is 8.00. The molecule has 0 saturated heterocycles. The molecule has 4 heteroatoms. The van der Waals surface area contributed by atoms with Crippen LogP contribution in [-0.4, -0.2) is 80.6 Å². The number of rotatable bonds is 0. The van der Waals surface area contributed by atoms with E-state index in [0.29, 0.717) is 0 Å². The van der Waals surface area contributed by atoms with Crippen LogP contribution < -0.4 is 0 Å². The number of halogens is 1. The molecule has 0 aromatic carbocycles. The second-order valence-corrected chi connectivity index (χ2v) is 0.